The SMILES string of the molecule is COC(=O)[C@H](CC(C)C)NC(=O)C1CN1C(C)C(=O)O. The first-order valence-corrected chi connectivity index (χ1v) is 6.64. The van der Waals surface area contributed by atoms with E-state index in [9.17, 15) is 14.4 Å². The van der Waals surface area contributed by atoms with Gasteiger partial charge in [0.2, 0.25) is 5.91 Å². The van der Waals surface area contributed by atoms with E-state index in [-0.39, 0.29) is 11.8 Å². The van der Waals surface area contributed by atoms with Crippen molar-refractivity contribution in [1.82, 2.24) is 10.2 Å². The second kappa shape index (κ2) is 6.69. The van der Waals surface area contributed by atoms with Crippen LogP contribution in [0.1, 0.15) is 27.2 Å². The van der Waals surface area contributed by atoms with E-state index in [0.29, 0.717) is 13.0 Å². The minimum atomic E-state index is -0.966. The van der Waals surface area contributed by atoms with Gasteiger partial charge in [-0.3, -0.25) is 14.5 Å². The van der Waals surface area contributed by atoms with Gasteiger partial charge in [-0.15, -0.1) is 0 Å². The average molecular weight is 286 g/mol. The molecule has 1 saturated heterocycles. The van der Waals surface area contributed by atoms with Crippen LogP contribution in [0.15, 0.2) is 0 Å². The molecule has 1 rings (SSSR count). The number of nitrogens with one attached hydrogen (secondary N) is 1. The number of esters is 1. The molecule has 0 spiro atoms. The highest BCUT2D eigenvalue weighted by Gasteiger charge is 2.46. The van der Waals surface area contributed by atoms with Crippen LogP contribution < -0.4 is 5.32 Å². The molecule has 0 saturated carbocycles. The molecule has 1 aliphatic rings. The third kappa shape index (κ3) is 4.19. The Morgan fingerprint density at radius 3 is 2.40 bits per heavy atom. The predicted molar refractivity (Wildman–Crippen MR) is 71.0 cm³/mol. The molecule has 1 amide bonds. The molecule has 0 aromatic carbocycles. The van der Waals surface area contributed by atoms with E-state index in [1.54, 1.807) is 4.90 Å². The summed E-state index contributed by atoms with van der Waals surface area (Å²) in [5, 5.41) is 11.5. The number of ether oxygens (including phenoxy) is 1. The maximum atomic E-state index is 12.0. The molecule has 0 bridgehead atoms. The van der Waals surface area contributed by atoms with Crippen LogP contribution in [0.25, 0.3) is 0 Å². The van der Waals surface area contributed by atoms with Gasteiger partial charge >= 0.3 is 11.9 Å². The highest BCUT2D eigenvalue weighted by atomic mass is 16.5. The number of carbonyl (C=O) groups excluding carboxylic acids is 2. The minimum absolute atomic E-state index is 0.229. The molecule has 4 atom stereocenters. The third-order valence-electron chi connectivity index (χ3n) is 3.32. The average Bonchev–Trinajstić information content (AvgIpc) is 3.15. The zero-order chi connectivity index (χ0) is 15.4. The zero-order valence-electron chi connectivity index (χ0n) is 12.3. The van der Waals surface area contributed by atoms with Gasteiger partial charge in [0, 0.05) is 6.54 Å². The molecule has 1 heterocycles. The minimum Gasteiger partial charge on any atom is -0.480 e. The lowest BCUT2D eigenvalue weighted by Crippen LogP contribution is -2.45. The van der Waals surface area contributed by atoms with Gasteiger partial charge in [-0.05, 0) is 19.3 Å². The fourth-order valence-corrected chi connectivity index (χ4v) is 2.05. The van der Waals surface area contributed by atoms with Crippen LogP contribution in [-0.4, -0.2) is 59.6 Å². The number of methoxy groups -OCH3 is 1. The summed E-state index contributed by atoms with van der Waals surface area (Å²) in [7, 11) is 1.28. The monoisotopic (exact) mass is 286 g/mol. The van der Waals surface area contributed by atoms with Crippen LogP contribution in [0.3, 0.4) is 0 Å². The van der Waals surface area contributed by atoms with Crippen molar-refractivity contribution in [2.24, 2.45) is 5.92 Å². The molecule has 20 heavy (non-hydrogen) atoms. The molecule has 114 valence electrons. The normalized spacial score (nSPS) is 23.9. The number of carbonyl (C=O) groups is 3. The smallest absolute Gasteiger partial charge is 0.328 e. The second-order valence-electron chi connectivity index (χ2n) is 5.44. The summed E-state index contributed by atoms with van der Waals surface area (Å²) in [6, 6.07) is -1.86. The van der Waals surface area contributed by atoms with Crippen molar-refractivity contribution in [3.05, 3.63) is 0 Å². The third-order valence-corrected chi connectivity index (χ3v) is 3.32. The first-order chi connectivity index (χ1) is 9.27. The molecule has 0 radical (unpaired) electrons. The van der Waals surface area contributed by atoms with Gasteiger partial charge in [0.1, 0.15) is 18.1 Å². The number of hydrogen-bond donors (Lipinski definition) is 2. The summed E-state index contributed by atoms with van der Waals surface area (Å²) in [4.78, 5) is 36.0. The fourth-order valence-electron chi connectivity index (χ4n) is 2.05. The summed E-state index contributed by atoms with van der Waals surface area (Å²) in [6.07, 6.45) is 0.486. The van der Waals surface area contributed by atoms with Gasteiger partial charge in [-0.2, -0.15) is 0 Å². The Labute approximate surface area is 118 Å². The van der Waals surface area contributed by atoms with E-state index < -0.39 is 30.1 Å². The lowest BCUT2D eigenvalue weighted by atomic mass is 10.0. The van der Waals surface area contributed by atoms with Crippen molar-refractivity contribution in [1.29, 1.82) is 0 Å². The van der Waals surface area contributed by atoms with E-state index in [1.165, 1.54) is 14.0 Å². The number of rotatable bonds is 7. The molecule has 2 N–H and O–H groups in total. The van der Waals surface area contributed by atoms with Crippen LogP contribution in [0.2, 0.25) is 0 Å². The Hall–Kier alpha value is -1.63. The first kappa shape index (κ1) is 16.4. The predicted octanol–water partition coefficient (Wildman–Crippen LogP) is -0.152. The molecule has 3 unspecified atom stereocenters. The topological polar surface area (TPSA) is 95.7 Å². The maximum Gasteiger partial charge on any atom is 0.328 e. The fraction of sp³-hybridized carbons (Fsp3) is 0.769. The van der Waals surface area contributed by atoms with Crippen molar-refractivity contribution in [2.75, 3.05) is 13.7 Å². The van der Waals surface area contributed by atoms with Gasteiger partial charge in [0.25, 0.3) is 0 Å². The van der Waals surface area contributed by atoms with Crippen LogP contribution in [0, 0.1) is 5.92 Å². The Morgan fingerprint density at radius 2 is 1.95 bits per heavy atom. The molecule has 0 aliphatic carbocycles. The Morgan fingerprint density at radius 1 is 1.35 bits per heavy atom. The molecule has 1 aliphatic heterocycles. The maximum absolute atomic E-state index is 12.0. The number of carboxylic acid groups (broad SMARTS) is 1. The van der Waals surface area contributed by atoms with Gasteiger partial charge in [-0.1, -0.05) is 13.8 Å². The van der Waals surface area contributed by atoms with Crippen molar-refractivity contribution >= 4 is 17.8 Å². The van der Waals surface area contributed by atoms with Crippen LogP contribution in [-0.2, 0) is 19.1 Å². The van der Waals surface area contributed by atoms with Crippen LogP contribution >= 0.6 is 0 Å². The highest BCUT2D eigenvalue weighted by Crippen LogP contribution is 2.22. The highest BCUT2D eigenvalue weighted by molar-refractivity contribution is 5.90. The van der Waals surface area contributed by atoms with Crippen molar-refractivity contribution < 1.29 is 24.2 Å². The van der Waals surface area contributed by atoms with Gasteiger partial charge in [0.05, 0.1) is 7.11 Å². The number of nitrogens with zero attached hydrogens (tertiary/aromatic N) is 1. The second-order valence-corrected chi connectivity index (χ2v) is 5.44. The molecule has 0 aromatic rings. The Balaban J connectivity index is 2.56. The number of hydrogen-bond acceptors (Lipinski definition) is 5. The summed E-state index contributed by atoms with van der Waals surface area (Å²) in [5.41, 5.74) is 0. The summed E-state index contributed by atoms with van der Waals surface area (Å²) in [5.74, 6) is -1.54. The van der Waals surface area contributed by atoms with E-state index in [1.807, 2.05) is 13.8 Å². The van der Waals surface area contributed by atoms with Gasteiger partial charge in [0.15, 0.2) is 0 Å². The Bertz CT molecular complexity index is 396. The lowest BCUT2D eigenvalue weighted by Gasteiger charge is -2.18. The van der Waals surface area contributed by atoms with Crippen molar-refractivity contribution in [3.8, 4) is 0 Å². The summed E-state index contributed by atoms with van der Waals surface area (Å²) >= 11 is 0. The van der Waals surface area contributed by atoms with Crippen LogP contribution in [0.4, 0.5) is 0 Å². The quantitative estimate of drug-likeness (QED) is 0.499. The standard InChI is InChI=1S/C13H22N2O5/c1-7(2)5-9(13(19)20-4)14-11(16)10-6-15(10)8(3)12(17)18/h7-10H,5-6H2,1-4H3,(H,14,16)(H,17,18)/t8?,9-,10?,15?/m0/s1. The largest absolute Gasteiger partial charge is 0.480 e. The first-order valence-electron chi connectivity index (χ1n) is 6.64. The van der Waals surface area contributed by atoms with Crippen LogP contribution in [0.5, 0.6) is 0 Å². The van der Waals surface area contributed by atoms with Crippen molar-refractivity contribution in [2.45, 2.75) is 45.3 Å². The number of amides is 1. The van der Waals surface area contributed by atoms with Gasteiger partial charge < -0.3 is 15.2 Å². The van der Waals surface area contributed by atoms with E-state index in [0.717, 1.165) is 0 Å². The summed E-state index contributed by atoms with van der Waals surface area (Å²) < 4.78 is 4.67. The molecular formula is C13H22N2O5. The number of carboxylic acids is 1. The Kier molecular flexibility index (Phi) is 5.50. The molecule has 7 nitrogen and oxygen atoms in total. The zero-order valence-corrected chi connectivity index (χ0v) is 12.3. The van der Waals surface area contributed by atoms with E-state index >= 15 is 0 Å². The number of aliphatic carboxylic acids is 1. The molecular weight excluding hydrogens is 264 g/mol. The van der Waals surface area contributed by atoms with E-state index in [2.05, 4.69) is 10.1 Å². The van der Waals surface area contributed by atoms with E-state index in [4.69, 9.17) is 5.11 Å². The molecule has 1 fully saturated rings. The lowest BCUT2D eigenvalue weighted by molar-refractivity contribution is -0.146. The summed E-state index contributed by atoms with van der Waals surface area (Å²) in [6.45, 7) is 5.81. The molecule has 7 heteroatoms. The van der Waals surface area contributed by atoms with Crippen molar-refractivity contribution in [3.63, 3.8) is 0 Å². The molecule has 0 aromatic heterocycles. The van der Waals surface area contributed by atoms with Gasteiger partial charge in [-0.25, -0.2) is 4.79 Å².